The number of thiazole rings is 1. The number of nitrogens with one attached hydrogen (secondary N) is 3. The second-order valence-electron chi connectivity index (χ2n) is 8.29. The SMILES string of the molecule is C=CCON=C(C(=O)NC1C(=O)N2C(C(=O)O)=C(CSc3nnnn3C=C(NOC)C(=O)O)CS[C@@H]12)c1csc(NC=O)n1. The number of carboxylic acid groups (broad SMARTS) is 2. The fourth-order valence-electron chi connectivity index (χ4n) is 3.73. The summed E-state index contributed by atoms with van der Waals surface area (Å²) in [6.07, 6.45) is 2.90. The Kier molecular flexibility index (Phi) is 10.6. The molecular weight excluding hydrogens is 645 g/mol. The maximum atomic E-state index is 13.2. The molecule has 2 aromatic rings. The van der Waals surface area contributed by atoms with Crippen LogP contribution in [0.1, 0.15) is 5.69 Å². The summed E-state index contributed by atoms with van der Waals surface area (Å²) in [6, 6.07) is -1.08. The molecule has 0 aliphatic carbocycles. The van der Waals surface area contributed by atoms with Gasteiger partial charge in [0, 0.05) is 16.9 Å². The first kappa shape index (κ1) is 32.1. The maximum absolute atomic E-state index is 13.2. The Labute approximate surface area is 259 Å². The first-order chi connectivity index (χ1) is 21.2. The summed E-state index contributed by atoms with van der Waals surface area (Å²) in [5, 5.41) is 40.1. The van der Waals surface area contributed by atoms with Gasteiger partial charge >= 0.3 is 11.9 Å². The largest absolute Gasteiger partial charge is 0.477 e. The van der Waals surface area contributed by atoms with Crippen molar-refractivity contribution in [3.63, 3.8) is 0 Å². The summed E-state index contributed by atoms with van der Waals surface area (Å²) >= 11 is 3.29. The van der Waals surface area contributed by atoms with E-state index in [1.165, 1.54) is 30.3 Å². The van der Waals surface area contributed by atoms with Crippen LogP contribution in [-0.4, -0.2) is 113 Å². The number of aliphatic carboxylic acids is 2. The molecule has 4 heterocycles. The number of rotatable bonds is 16. The number of oxime groups is 1. The minimum Gasteiger partial charge on any atom is -0.477 e. The van der Waals surface area contributed by atoms with E-state index >= 15 is 0 Å². The van der Waals surface area contributed by atoms with Crippen molar-refractivity contribution in [2.75, 3.05) is 30.5 Å². The van der Waals surface area contributed by atoms with Crippen LogP contribution in [0.3, 0.4) is 0 Å². The number of thioether (sulfide) groups is 2. The molecule has 0 bridgehead atoms. The van der Waals surface area contributed by atoms with Crippen molar-refractivity contribution < 1.29 is 43.9 Å². The molecule has 0 aromatic carbocycles. The van der Waals surface area contributed by atoms with Gasteiger partial charge < -0.3 is 25.7 Å². The third-order valence-electron chi connectivity index (χ3n) is 5.56. The number of fused-ring (bicyclic) bond motifs is 1. The van der Waals surface area contributed by atoms with Crippen LogP contribution in [0.2, 0.25) is 0 Å². The maximum Gasteiger partial charge on any atom is 0.355 e. The molecule has 1 unspecified atom stereocenters. The number of nitrogens with zero attached hydrogens (tertiary/aromatic N) is 7. The van der Waals surface area contributed by atoms with E-state index in [-0.39, 0.29) is 51.2 Å². The molecule has 2 aliphatic rings. The predicted octanol–water partition coefficient (Wildman–Crippen LogP) is -0.830. The van der Waals surface area contributed by atoms with Crippen molar-refractivity contribution in [1.29, 1.82) is 0 Å². The summed E-state index contributed by atoms with van der Waals surface area (Å²) in [7, 11) is 1.23. The van der Waals surface area contributed by atoms with Crippen molar-refractivity contribution in [1.82, 2.24) is 40.9 Å². The average Bonchev–Trinajstić information content (AvgIpc) is 3.65. The van der Waals surface area contributed by atoms with Gasteiger partial charge in [-0.05, 0) is 16.0 Å². The van der Waals surface area contributed by atoms with E-state index in [9.17, 15) is 34.2 Å². The number of amides is 3. The topological polar surface area (TPSA) is 252 Å². The zero-order valence-electron chi connectivity index (χ0n) is 22.4. The van der Waals surface area contributed by atoms with Crippen LogP contribution < -0.4 is 16.1 Å². The Morgan fingerprint density at radius 1 is 1.34 bits per heavy atom. The zero-order chi connectivity index (χ0) is 31.8. The minimum absolute atomic E-state index is 0.0179. The number of carbonyl (C=O) groups is 5. The standard InChI is InChI=1S/C22H22N10O9S3/c1-3-4-41-28-13(12-8-43-21(24-12)23-9-33)16(34)25-14-17(35)32-15(20(38)39)10(6-42-18(14)32)7-44-22-26-29-30-31(22)5-11(19(36)37)27-40-2/h3,5,8-9,14,18,27H,1,4,6-7H2,2H3,(H,25,34)(H,36,37)(H,38,39)(H,23,24,33)/t14?,18-/m0/s1. The van der Waals surface area contributed by atoms with E-state index in [1.807, 2.05) is 0 Å². The number of hydrogen-bond donors (Lipinski definition) is 5. The number of aromatic nitrogens is 5. The van der Waals surface area contributed by atoms with Crippen LogP contribution in [0.15, 0.2) is 45.3 Å². The molecule has 1 fully saturated rings. The number of hydrogen-bond acceptors (Lipinski definition) is 16. The Bertz CT molecular complexity index is 1570. The van der Waals surface area contributed by atoms with Gasteiger partial charge in [-0.1, -0.05) is 29.6 Å². The molecule has 5 N–H and O–H groups in total. The summed E-state index contributed by atoms with van der Waals surface area (Å²) in [5.41, 5.74) is 1.77. The van der Waals surface area contributed by atoms with Gasteiger partial charge in [0.1, 0.15) is 29.4 Å². The molecule has 22 heteroatoms. The molecule has 2 aliphatic heterocycles. The average molecular weight is 667 g/mol. The minimum atomic E-state index is -1.35. The first-order valence-electron chi connectivity index (χ1n) is 12.0. The highest BCUT2D eigenvalue weighted by molar-refractivity contribution is 8.01. The fourth-order valence-corrected chi connectivity index (χ4v) is 6.72. The Morgan fingerprint density at radius 2 is 2.14 bits per heavy atom. The lowest BCUT2D eigenvalue weighted by Gasteiger charge is -2.49. The number of hydroxylamine groups is 1. The van der Waals surface area contributed by atoms with Crippen LogP contribution in [0, 0.1) is 0 Å². The Morgan fingerprint density at radius 3 is 2.82 bits per heavy atom. The van der Waals surface area contributed by atoms with E-state index in [0.717, 1.165) is 38.9 Å². The summed E-state index contributed by atoms with van der Waals surface area (Å²) in [6.45, 7) is 3.49. The number of carboxylic acids is 2. The van der Waals surface area contributed by atoms with Crippen LogP contribution in [0.25, 0.3) is 6.20 Å². The Balaban J connectivity index is 1.49. The predicted molar refractivity (Wildman–Crippen MR) is 155 cm³/mol. The lowest BCUT2D eigenvalue weighted by Crippen LogP contribution is -2.71. The van der Waals surface area contributed by atoms with E-state index < -0.39 is 35.2 Å². The van der Waals surface area contributed by atoms with Crippen molar-refractivity contribution in [2.45, 2.75) is 16.6 Å². The van der Waals surface area contributed by atoms with Gasteiger partial charge in [0.15, 0.2) is 16.5 Å². The van der Waals surface area contributed by atoms with Gasteiger partial charge in [-0.3, -0.25) is 29.6 Å². The van der Waals surface area contributed by atoms with Crippen molar-refractivity contribution >= 4 is 82.1 Å². The van der Waals surface area contributed by atoms with Gasteiger partial charge in [0.05, 0.1) is 13.3 Å². The van der Waals surface area contributed by atoms with Crippen LogP contribution in [0.5, 0.6) is 0 Å². The summed E-state index contributed by atoms with van der Waals surface area (Å²) in [4.78, 5) is 75.6. The highest BCUT2D eigenvalue weighted by atomic mass is 32.2. The molecule has 2 aromatic heterocycles. The van der Waals surface area contributed by atoms with E-state index in [4.69, 9.17) is 4.84 Å². The second-order valence-corrected chi connectivity index (χ2v) is 11.2. The molecule has 44 heavy (non-hydrogen) atoms. The molecule has 0 saturated carbocycles. The summed E-state index contributed by atoms with van der Waals surface area (Å²) in [5.74, 6) is -3.91. The molecule has 2 atom stereocenters. The second kappa shape index (κ2) is 14.6. The van der Waals surface area contributed by atoms with Gasteiger partial charge in [0.2, 0.25) is 11.6 Å². The highest BCUT2D eigenvalue weighted by Gasteiger charge is 2.54. The number of β-lactam (4-membered cyclic amide) rings is 1. The first-order valence-corrected chi connectivity index (χ1v) is 14.9. The zero-order valence-corrected chi connectivity index (χ0v) is 24.8. The van der Waals surface area contributed by atoms with Crippen molar-refractivity contribution in [2.24, 2.45) is 5.16 Å². The van der Waals surface area contributed by atoms with Gasteiger partial charge in [-0.2, -0.15) is 4.68 Å². The van der Waals surface area contributed by atoms with E-state index in [0.29, 0.717) is 12.0 Å². The number of carbonyl (C=O) groups excluding carboxylic acids is 3. The van der Waals surface area contributed by atoms with E-state index in [2.05, 4.69) is 53.2 Å². The molecule has 19 nitrogen and oxygen atoms in total. The molecule has 0 radical (unpaired) electrons. The highest BCUT2D eigenvalue weighted by Crippen LogP contribution is 2.41. The van der Waals surface area contributed by atoms with Crippen LogP contribution in [-0.2, 0) is 33.6 Å². The molecule has 1 saturated heterocycles. The van der Waals surface area contributed by atoms with E-state index in [1.54, 1.807) is 0 Å². The molecule has 232 valence electrons. The van der Waals surface area contributed by atoms with Gasteiger partial charge in [-0.25, -0.2) is 14.6 Å². The van der Waals surface area contributed by atoms with Crippen molar-refractivity contribution in [3.05, 3.63) is 40.7 Å². The third-order valence-corrected chi connectivity index (χ3v) is 8.69. The molecular formula is C22H22N10O9S3. The smallest absolute Gasteiger partial charge is 0.355 e. The summed E-state index contributed by atoms with van der Waals surface area (Å²) < 4.78 is 1.07. The van der Waals surface area contributed by atoms with Gasteiger partial charge in [0.25, 0.3) is 11.8 Å². The Hall–Kier alpha value is -4.80. The lowest BCUT2D eigenvalue weighted by molar-refractivity contribution is -0.150. The van der Waals surface area contributed by atoms with Crippen LogP contribution >= 0.6 is 34.9 Å². The van der Waals surface area contributed by atoms with Crippen LogP contribution in [0.4, 0.5) is 5.13 Å². The lowest BCUT2D eigenvalue weighted by atomic mass is 10.0. The molecule has 0 spiro atoms. The number of tetrazole rings is 1. The third kappa shape index (κ3) is 7.04. The quantitative estimate of drug-likeness (QED) is 0.0214. The molecule has 3 amide bonds. The monoisotopic (exact) mass is 666 g/mol. The molecule has 4 rings (SSSR count). The number of anilines is 1. The normalized spacial score (nSPS) is 18.2. The van der Waals surface area contributed by atoms with Crippen molar-refractivity contribution in [3.8, 4) is 0 Å². The fraction of sp³-hybridized carbons (Fsp3) is 0.273. The van der Waals surface area contributed by atoms with Gasteiger partial charge in [-0.15, -0.1) is 28.2 Å².